The lowest BCUT2D eigenvalue weighted by atomic mass is 10.0. The Bertz CT molecular complexity index is 1020. The molecule has 1 aliphatic heterocycles. The Morgan fingerprint density at radius 2 is 2.06 bits per heavy atom. The molecule has 4 rings (SSSR count). The average molecular weight is 450 g/mol. The number of benzene rings is 1. The molecule has 2 aromatic heterocycles. The Kier molecular flexibility index (Phi) is 7.29. The van der Waals surface area contributed by atoms with Gasteiger partial charge in [0, 0.05) is 24.2 Å². The minimum atomic E-state index is -0.811. The highest BCUT2D eigenvalue weighted by Gasteiger charge is 2.33. The van der Waals surface area contributed by atoms with Gasteiger partial charge in [0.2, 0.25) is 11.8 Å². The van der Waals surface area contributed by atoms with Gasteiger partial charge in [0.25, 0.3) is 0 Å². The summed E-state index contributed by atoms with van der Waals surface area (Å²) in [7, 11) is 0. The molecular weight excluding hydrogens is 422 g/mol. The molecule has 1 saturated heterocycles. The van der Waals surface area contributed by atoms with Crippen LogP contribution >= 0.6 is 11.3 Å². The number of amides is 2. The summed E-state index contributed by atoms with van der Waals surface area (Å²) in [6.45, 7) is 3.15. The number of nitrogens with one attached hydrogen (secondary N) is 1. The second-order valence-electron chi connectivity index (χ2n) is 7.92. The van der Waals surface area contributed by atoms with Crippen molar-refractivity contribution in [3.63, 3.8) is 0 Å². The van der Waals surface area contributed by atoms with Crippen LogP contribution in [0.25, 0.3) is 0 Å². The number of rotatable bonds is 8. The van der Waals surface area contributed by atoms with Crippen LogP contribution in [-0.2, 0) is 20.7 Å². The van der Waals surface area contributed by atoms with Crippen LogP contribution in [0.15, 0.2) is 66.3 Å². The van der Waals surface area contributed by atoms with E-state index in [1.807, 2.05) is 54.8 Å². The highest BCUT2D eigenvalue weighted by Crippen LogP contribution is 2.29. The zero-order chi connectivity index (χ0) is 22.3. The van der Waals surface area contributed by atoms with Gasteiger partial charge in [0.15, 0.2) is 0 Å². The van der Waals surface area contributed by atoms with E-state index in [9.17, 15) is 9.59 Å². The molecule has 1 N–H and O–H groups in total. The number of anilines is 1. The molecule has 1 fully saturated rings. The first-order valence-electron chi connectivity index (χ1n) is 10.8. The number of aryl methyl sites for hydroxylation is 1. The fraction of sp³-hybridized carbons (Fsp3) is 0.320. The predicted molar refractivity (Wildman–Crippen MR) is 126 cm³/mol. The molecule has 0 radical (unpaired) electrons. The zero-order valence-corrected chi connectivity index (χ0v) is 18.9. The van der Waals surface area contributed by atoms with Crippen molar-refractivity contribution >= 4 is 28.8 Å². The molecule has 0 unspecified atom stereocenters. The summed E-state index contributed by atoms with van der Waals surface area (Å²) in [5.74, 6) is -0.383. The lowest BCUT2D eigenvalue weighted by Gasteiger charge is -2.31. The quantitative estimate of drug-likeness (QED) is 0.563. The number of hydrogen-bond donors (Lipinski definition) is 1. The molecule has 1 aromatic carbocycles. The highest BCUT2D eigenvalue weighted by atomic mass is 32.1. The Hall–Kier alpha value is -3.03. The van der Waals surface area contributed by atoms with Crippen molar-refractivity contribution in [2.75, 3.05) is 18.1 Å². The van der Waals surface area contributed by atoms with E-state index in [2.05, 4.69) is 10.3 Å². The van der Waals surface area contributed by atoms with Crippen LogP contribution in [0, 0.1) is 6.92 Å². The minimum Gasteiger partial charge on any atom is -0.376 e. The largest absolute Gasteiger partial charge is 0.376 e. The van der Waals surface area contributed by atoms with E-state index in [-0.39, 0.29) is 24.3 Å². The number of aromatic nitrogens is 1. The lowest BCUT2D eigenvalue weighted by Crippen LogP contribution is -2.46. The number of thiophene rings is 1. The Morgan fingerprint density at radius 1 is 1.22 bits per heavy atom. The van der Waals surface area contributed by atoms with Crippen molar-refractivity contribution in [1.29, 1.82) is 0 Å². The van der Waals surface area contributed by atoms with E-state index in [1.165, 1.54) is 11.3 Å². The van der Waals surface area contributed by atoms with E-state index in [0.29, 0.717) is 12.2 Å². The lowest BCUT2D eigenvalue weighted by molar-refractivity contribution is -0.126. The SMILES string of the molecule is Cc1ccc([C@H](C(=O)NC[C@H]2CCCO2)N(C(=O)Cc2cccs2)c2cccnc2)cc1. The van der Waals surface area contributed by atoms with E-state index in [4.69, 9.17) is 4.74 Å². The standard InChI is InChI=1S/C25H27N3O3S/c1-18-8-10-19(11-9-18)24(25(30)27-17-21-6-3-13-31-21)28(20-5-2-12-26-16-20)23(29)15-22-7-4-14-32-22/h2,4-5,7-12,14,16,21,24H,3,6,13,15,17H2,1H3,(H,27,30)/t21-,24-/m1/s1. The molecule has 0 spiro atoms. The molecule has 2 amide bonds. The number of carbonyl (C=O) groups excluding carboxylic acids is 2. The van der Waals surface area contributed by atoms with Crippen LogP contribution in [0.4, 0.5) is 5.69 Å². The van der Waals surface area contributed by atoms with Crippen molar-refractivity contribution in [1.82, 2.24) is 10.3 Å². The maximum atomic E-state index is 13.6. The van der Waals surface area contributed by atoms with Gasteiger partial charge in [-0.1, -0.05) is 35.9 Å². The number of nitrogens with zero attached hydrogens (tertiary/aromatic N) is 2. The molecule has 7 heteroatoms. The Morgan fingerprint density at radius 3 is 2.72 bits per heavy atom. The predicted octanol–water partition coefficient (Wildman–Crippen LogP) is 4.06. The molecule has 166 valence electrons. The van der Waals surface area contributed by atoms with Crippen LogP contribution in [-0.4, -0.2) is 36.1 Å². The van der Waals surface area contributed by atoms with Gasteiger partial charge in [0.1, 0.15) is 6.04 Å². The minimum absolute atomic E-state index is 0.0197. The molecule has 32 heavy (non-hydrogen) atoms. The van der Waals surface area contributed by atoms with Gasteiger partial charge in [-0.25, -0.2) is 0 Å². The van der Waals surface area contributed by atoms with E-state index >= 15 is 0 Å². The van der Waals surface area contributed by atoms with Crippen molar-refractivity contribution in [2.24, 2.45) is 0 Å². The van der Waals surface area contributed by atoms with Gasteiger partial charge in [-0.05, 0) is 48.9 Å². The first-order chi connectivity index (χ1) is 15.6. The fourth-order valence-electron chi connectivity index (χ4n) is 3.86. The van der Waals surface area contributed by atoms with Gasteiger partial charge < -0.3 is 10.1 Å². The molecule has 2 atom stereocenters. The summed E-state index contributed by atoms with van der Waals surface area (Å²) in [5.41, 5.74) is 2.43. The van der Waals surface area contributed by atoms with E-state index < -0.39 is 6.04 Å². The number of hydrogen-bond acceptors (Lipinski definition) is 5. The third-order valence-electron chi connectivity index (χ3n) is 5.53. The third-order valence-corrected chi connectivity index (χ3v) is 6.40. The third kappa shape index (κ3) is 5.41. The second kappa shape index (κ2) is 10.5. The summed E-state index contributed by atoms with van der Waals surface area (Å²) < 4.78 is 5.66. The summed E-state index contributed by atoms with van der Waals surface area (Å²) in [5, 5.41) is 4.97. The molecule has 0 bridgehead atoms. The van der Waals surface area contributed by atoms with Gasteiger partial charge >= 0.3 is 0 Å². The molecule has 6 nitrogen and oxygen atoms in total. The summed E-state index contributed by atoms with van der Waals surface area (Å²) >= 11 is 1.53. The van der Waals surface area contributed by atoms with Crippen LogP contribution in [0.1, 0.15) is 34.9 Å². The van der Waals surface area contributed by atoms with E-state index in [0.717, 1.165) is 35.5 Å². The molecule has 3 aromatic rings. The van der Waals surface area contributed by atoms with Gasteiger partial charge in [-0.2, -0.15) is 0 Å². The van der Waals surface area contributed by atoms with Crippen molar-refractivity contribution in [3.8, 4) is 0 Å². The fourth-order valence-corrected chi connectivity index (χ4v) is 4.56. The first-order valence-corrected chi connectivity index (χ1v) is 11.7. The van der Waals surface area contributed by atoms with Crippen LogP contribution in [0.3, 0.4) is 0 Å². The molecular formula is C25H27N3O3S. The van der Waals surface area contributed by atoms with Crippen molar-refractivity contribution in [2.45, 2.75) is 38.3 Å². The van der Waals surface area contributed by atoms with Crippen LogP contribution in [0.2, 0.25) is 0 Å². The molecule has 1 aliphatic rings. The van der Waals surface area contributed by atoms with Gasteiger partial charge in [-0.3, -0.25) is 19.5 Å². The molecule has 0 saturated carbocycles. The Labute approximate surface area is 192 Å². The van der Waals surface area contributed by atoms with Crippen LogP contribution < -0.4 is 10.2 Å². The van der Waals surface area contributed by atoms with Crippen LogP contribution in [0.5, 0.6) is 0 Å². The van der Waals surface area contributed by atoms with E-state index in [1.54, 1.807) is 23.4 Å². The smallest absolute Gasteiger partial charge is 0.247 e. The Balaban J connectivity index is 1.68. The maximum Gasteiger partial charge on any atom is 0.247 e. The summed E-state index contributed by atoms with van der Waals surface area (Å²) in [4.78, 5) is 33.8. The normalized spacial score (nSPS) is 16.5. The summed E-state index contributed by atoms with van der Waals surface area (Å²) in [6, 6.07) is 14.4. The topological polar surface area (TPSA) is 71.5 Å². The number of carbonyl (C=O) groups is 2. The first kappa shape index (κ1) is 22.2. The highest BCUT2D eigenvalue weighted by molar-refractivity contribution is 7.10. The molecule has 3 heterocycles. The molecule has 0 aliphatic carbocycles. The van der Waals surface area contributed by atoms with Crippen molar-refractivity contribution in [3.05, 3.63) is 82.3 Å². The van der Waals surface area contributed by atoms with Gasteiger partial charge in [-0.15, -0.1) is 11.3 Å². The maximum absolute atomic E-state index is 13.6. The number of ether oxygens (including phenoxy) is 1. The number of pyridine rings is 1. The monoisotopic (exact) mass is 449 g/mol. The summed E-state index contributed by atoms with van der Waals surface area (Å²) in [6.07, 6.45) is 5.45. The van der Waals surface area contributed by atoms with Gasteiger partial charge in [0.05, 0.1) is 24.4 Å². The average Bonchev–Trinajstić information content (AvgIpc) is 3.51. The second-order valence-corrected chi connectivity index (χ2v) is 8.96. The van der Waals surface area contributed by atoms with Crippen molar-refractivity contribution < 1.29 is 14.3 Å². The zero-order valence-electron chi connectivity index (χ0n) is 18.1.